The van der Waals surface area contributed by atoms with Crippen molar-refractivity contribution < 1.29 is 52.0 Å². The van der Waals surface area contributed by atoms with Crippen LogP contribution in [-0.4, -0.2) is 153 Å². The molecule has 4 heterocycles. The van der Waals surface area contributed by atoms with E-state index in [0.717, 1.165) is 12.5 Å². The number of hydrogen-bond acceptors (Lipinski definition) is 14. The number of benzene rings is 1. The SMILES string of the molecule is CC[C@H]1OC(=O)C(C)(F)C(=O)[C@H](C)[C@@H](O[C@@H]2O[C@H](C)CC(N(C)C)[C@H]2O)[C@](C)(OC)CC(C)(F)CN[C@H](C)[C@H]2N(CCCCn3cc(-c4cccc(N)c4)nn3)C(=O)O[C@]12C. The number of amides is 1. The molecule has 13 atom stereocenters. The van der Waals surface area contributed by atoms with Gasteiger partial charge in [0.25, 0.3) is 5.67 Å². The van der Waals surface area contributed by atoms with Gasteiger partial charge in [-0.15, -0.1) is 5.10 Å². The van der Waals surface area contributed by atoms with Crippen LogP contribution >= 0.6 is 0 Å². The lowest BCUT2D eigenvalue weighted by Gasteiger charge is -2.47. The average molecular weight is 864 g/mol. The van der Waals surface area contributed by atoms with Crippen LogP contribution in [0, 0.1) is 5.92 Å². The number of hydrogen-bond donors (Lipinski definition) is 3. The molecule has 342 valence electrons. The summed E-state index contributed by atoms with van der Waals surface area (Å²) in [6.07, 6.45) is -3.06. The summed E-state index contributed by atoms with van der Waals surface area (Å²) in [5, 5.41) is 23.2. The number of alkyl halides is 2. The van der Waals surface area contributed by atoms with Crippen LogP contribution < -0.4 is 11.1 Å². The monoisotopic (exact) mass is 863 g/mol. The van der Waals surface area contributed by atoms with Gasteiger partial charge in [0.15, 0.2) is 17.7 Å². The topological polar surface area (TPSA) is 193 Å². The number of halogens is 2. The van der Waals surface area contributed by atoms with Gasteiger partial charge >= 0.3 is 12.1 Å². The Morgan fingerprint density at radius 1 is 1.08 bits per heavy atom. The standard InChI is InChI=1S/C43H67F2N7O9/c1-12-32-43(8)34(52(39(56)61-43)19-14-13-18-51-22-30(48-49-51)28-16-15-17-29(46)21-28)27(4)47-24-40(5,44)23-41(6,57-11)36(26(3)35(54)42(7,45)38(55)59-32)60-37-33(53)31(50(9)10)20-25(2)58-37/h15-17,21-22,25-27,31-34,36-37,47,53H,12-14,18-20,23-24,46H2,1-11H3/t25-,26+,27-,31?,32-,33-,34-,36-,37+,40?,41-,42?,43-/m1/s1. The Morgan fingerprint density at radius 3 is 2.41 bits per heavy atom. The number of aryl methyl sites for hydroxylation is 1. The fourth-order valence-corrected chi connectivity index (χ4v) is 9.45. The second-order valence-corrected chi connectivity index (χ2v) is 18.3. The maximum absolute atomic E-state index is 17.1. The van der Waals surface area contributed by atoms with E-state index in [1.807, 2.05) is 36.2 Å². The highest BCUT2D eigenvalue weighted by molar-refractivity contribution is 6.07. The summed E-state index contributed by atoms with van der Waals surface area (Å²) in [6.45, 7) is 12.5. The van der Waals surface area contributed by atoms with E-state index in [4.69, 9.17) is 29.4 Å². The van der Waals surface area contributed by atoms with Crippen molar-refractivity contribution in [2.45, 2.75) is 165 Å². The number of ether oxygens (including phenoxy) is 5. The molecule has 61 heavy (non-hydrogen) atoms. The van der Waals surface area contributed by atoms with Gasteiger partial charge in [0.2, 0.25) is 0 Å². The van der Waals surface area contributed by atoms with Gasteiger partial charge in [0, 0.05) is 62.4 Å². The van der Waals surface area contributed by atoms with E-state index in [-0.39, 0.29) is 32.0 Å². The number of carbonyl (C=O) groups excluding carboxylic acids is 3. The van der Waals surface area contributed by atoms with E-state index < -0.39 is 89.0 Å². The van der Waals surface area contributed by atoms with Crippen LogP contribution in [0.1, 0.15) is 87.5 Å². The zero-order valence-electron chi connectivity index (χ0n) is 37.5. The molecule has 3 aliphatic rings. The minimum Gasteiger partial charge on any atom is -0.455 e. The number of Topliss-reactive ketones (excluding diaryl/α,β-unsaturated/α-hetero) is 1. The number of likely N-dealkylation sites (N-methyl/N-ethyl adjacent to an activating group) is 1. The second kappa shape index (κ2) is 18.9. The van der Waals surface area contributed by atoms with Crippen molar-refractivity contribution in [3.8, 4) is 11.3 Å². The maximum atomic E-state index is 17.1. The highest BCUT2D eigenvalue weighted by atomic mass is 19.1. The van der Waals surface area contributed by atoms with Gasteiger partial charge in [0.05, 0.1) is 30.0 Å². The van der Waals surface area contributed by atoms with Gasteiger partial charge in [-0.3, -0.25) is 14.4 Å². The van der Waals surface area contributed by atoms with Crippen LogP contribution in [0.3, 0.4) is 0 Å². The number of nitrogens with one attached hydrogen (secondary N) is 1. The average Bonchev–Trinajstić information content (AvgIpc) is 3.77. The van der Waals surface area contributed by atoms with Crippen LogP contribution in [0.25, 0.3) is 11.3 Å². The van der Waals surface area contributed by atoms with Crippen LogP contribution in [-0.2, 0) is 39.8 Å². The summed E-state index contributed by atoms with van der Waals surface area (Å²) < 4.78 is 66.2. The van der Waals surface area contributed by atoms with Gasteiger partial charge < -0.3 is 44.7 Å². The molecule has 3 fully saturated rings. The van der Waals surface area contributed by atoms with Crippen molar-refractivity contribution in [3.05, 3.63) is 30.5 Å². The van der Waals surface area contributed by atoms with Crippen molar-refractivity contribution >= 4 is 23.5 Å². The van der Waals surface area contributed by atoms with Gasteiger partial charge in [-0.05, 0) is 93.5 Å². The highest BCUT2D eigenvalue weighted by Gasteiger charge is 2.61. The van der Waals surface area contributed by atoms with E-state index in [9.17, 15) is 19.5 Å². The highest BCUT2D eigenvalue weighted by Crippen LogP contribution is 2.42. The second-order valence-electron chi connectivity index (χ2n) is 18.3. The molecule has 3 aliphatic heterocycles. The number of rotatable bonds is 11. The number of aromatic nitrogens is 3. The summed E-state index contributed by atoms with van der Waals surface area (Å²) in [6, 6.07) is 5.45. The summed E-state index contributed by atoms with van der Waals surface area (Å²) >= 11 is 0. The zero-order chi connectivity index (χ0) is 45.2. The number of fused-ring (bicyclic) bond motifs is 1. The molecule has 0 aliphatic carbocycles. The number of nitrogen functional groups attached to an aromatic ring is 1. The first kappa shape index (κ1) is 48.2. The molecule has 0 spiro atoms. The number of cyclic esters (lactones) is 1. The first-order valence-corrected chi connectivity index (χ1v) is 21.3. The van der Waals surface area contributed by atoms with Crippen molar-refractivity contribution in [1.29, 1.82) is 0 Å². The first-order valence-electron chi connectivity index (χ1n) is 21.3. The Hall–Kier alpha value is -3.81. The number of nitrogens with zero attached hydrogens (tertiary/aromatic N) is 5. The summed E-state index contributed by atoms with van der Waals surface area (Å²) in [5.74, 6) is -4.13. The molecular formula is C43H67F2N7O9. The number of unbranched alkanes of at least 4 members (excludes halogenated alkanes) is 1. The molecule has 0 bridgehead atoms. The number of esters is 1. The van der Waals surface area contributed by atoms with Crippen molar-refractivity contribution in [3.63, 3.8) is 0 Å². The third-order valence-electron chi connectivity index (χ3n) is 12.8. The van der Waals surface area contributed by atoms with Crippen LogP contribution in [0.4, 0.5) is 19.3 Å². The van der Waals surface area contributed by atoms with E-state index >= 15 is 8.78 Å². The molecule has 16 nitrogen and oxygen atoms in total. The Morgan fingerprint density at radius 2 is 1.77 bits per heavy atom. The van der Waals surface area contributed by atoms with E-state index in [0.29, 0.717) is 37.2 Å². The number of aliphatic hydroxyl groups excluding tert-OH is 1. The molecule has 0 saturated carbocycles. The van der Waals surface area contributed by atoms with Gasteiger partial charge in [-0.1, -0.05) is 31.2 Å². The Balaban J connectivity index is 1.43. The summed E-state index contributed by atoms with van der Waals surface area (Å²) in [5.41, 5.74) is -0.436. The maximum Gasteiger partial charge on any atom is 0.410 e. The van der Waals surface area contributed by atoms with Gasteiger partial charge in [-0.25, -0.2) is 18.4 Å². The van der Waals surface area contributed by atoms with Crippen molar-refractivity contribution in [1.82, 2.24) is 30.1 Å². The Bertz CT molecular complexity index is 1850. The third-order valence-corrected chi connectivity index (χ3v) is 12.8. The number of ketones is 1. The van der Waals surface area contributed by atoms with Gasteiger partial charge in [0.1, 0.15) is 23.6 Å². The number of aliphatic hydroxyl groups is 1. The minimum atomic E-state index is -3.24. The molecular weight excluding hydrogens is 797 g/mol. The summed E-state index contributed by atoms with van der Waals surface area (Å²) in [7, 11) is 4.94. The molecule has 1 aromatic carbocycles. The normalized spacial score (nSPS) is 38.1. The van der Waals surface area contributed by atoms with E-state index in [2.05, 4.69) is 15.6 Å². The number of methoxy groups -OCH3 is 1. The van der Waals surface area contributed by atoms with Gasteiger partial charge in [-0.2, -0.15) is 0 Å². The van der Waals surface area contributed by atoms with Crippen LogP contribution in [0.5, 0.6) is 0 Å². The fraction of sp³-hybridized carbons (Fsp3) is 0.744. The number of anilines is 1. The predicted molar refractivity (Wildman–Crippen MR) is 223 cm³/mol. The molecule has 18 heteroatoms. The van der Waals surface area contributed by atoms with Crippen molar-refractivity contribution in [2.75, 3.05) is 40.0 Å². The number of carbonyl (C=O) groups is 3. The van der Waals surface area contributed by atoms with Crippen LogP contribution in [0.15, 0.2) is 30.5 Å². The third kappa shape index (κ3) is 10.4. The molecule has 1 aromatic heterocycles. The van der Waals surface area contributed by atoms with Crippen LogP contribution in [0.2, 0.25) is 0 Å². The molecule has 4 N–H and O–H groups in total. The fourth-order valence-electron chi connectivity index (χ4n) is 9.45. The minimum absolute atomic E-state index is 0.0878. The quantitative estimate of drug-likeness (QED) is 0.124. The molecule has 0 radical (unpaired) electrons. The molecule has 2 aromatic rings. The molecule has 3 saturated heterocycles. The Labute approximate surface area is 358 Å². The first-order chi connectivity index (χ1) is 28.5. The Kier molecular flexibility index (Phi) is 14.9. The largest absolute Gasteiger partial charge is 0.455 e. The lowest BCUT2D eigenvalue weighted by atomic mass is 9.77. The van der Waals surface area contributed by atoms with E-state index in [1.54, 1.807) is 52.5 Å². The molecule has 1 amide bonds. The summed E-state index contributed by atoms with van der Waals surface area (Å²) in [4.78, 5) is 45.4. The van der Waals surface area contributed by atoms with Crippen molar-refractivity contribution in [2.24, 2.45) is 5.92 Å². The smallest absolute Gasteiger partial charge is 0.410 e. The zero-order valence-corrected chi connectivity index (χ0v) is 37.5. The molecule has 3 unspecified atom stereocenters. The number of nitrogens with two attached hydrogens (primary N) is 1. The van der Waals surface area contributed by atoms with E-state index in [1.165, 1.54) is 25.9 Å². The molecule has 5 rings (SSSR count). The lowest BCUT2D eigenvalue weighted by molar-refractivity contribution is -0.297. The predicted octanol–water partition coefficient (Wildman–Crippen LogP) is 4.47. The lowest BCUT2D eigenvalue weighted by Crippen LogP contribution is -2.62.